The van der Waals surface area contributed by atoms with Crippen molar-refractivity contribution in [2.45, 2.75) is 12.6 Å². The van der Waals surface area contributed by atoms with Crippen LogP contribution in [0.4, 0.5) is 5.69 Å². The van der Waals surface area contributed by atoms with Crippen LogP contribution in [0.2, 0.25) is 0 Å². The van der Waals surface area contributed by atoms with E-state index in [1.54, 1.807) is 31.4 Å². The van der Waals surface area contributed by atoms with E-state index in [0.717, 1.165) is 5.56 Å². The number of carbonyl (C=O) groups excluding carboxylic acids is 1. The number of benzene rings is 2. The van der Waals surface area contributed by atoms with E-state index < -0.39 is 6.10 Å². The molecule has 0 saturated carbocycles. The van der Waals surface area contributed by atoms with Gasteiger partial charge in [0.05, 0.1) is 26.0 Å². The number of aliphatic hydroxyl groups is 1. The molecule has 1 atom stereocenters. The highest BCUT2D eigenvalue weighted by Crippen LogP contribution is 2.17. The molecule has 1 aromatic heterocycles. The Morgan fingerprint density at radius 2 is 2.04 bits per heavy atom. The molecule has 0 spiro atoms. The van der Waals surface area contributed by atoms with Crippen LogP contribution in [0.3, 0.4) is 0 Å². The molecular weight excluding hydrogens is 320 g/mol. The van der Waals surface area contributed by atoms with Crippen LogP contribution in [0.25, 0.3) is 0 Å². The first kappa shape index (κ1) is 16.7. The summed E-state index contributed by atoms with van der Waals surface area (Å²) in [4.78, 5) is 12.3. The Kier molecular flexibility index (Phi) is 5.06. The molecule has 2 N–H and O–H groups in total. The van der Waals surface area contributed by atoms with Gasteiger partial charge in [-0.1, -0.05) is 41.6 Å². The highest BCUT2D eigenvalue weighted by Gasteiger charge is 2.14. The Morgan fingerprint density at radius 3 is 2.80 bits per heavy atom. The van der Waals surface area contributed by atoms with Gasteiger partial charge in [0.2, 0.25) is 0 Å². The normalized spacial score (nSPS) is 11.8. The number of amides is 1. The fourth-order valence-corrected chi connectivity index (χ4v) is 2.35. The lowest BCUT2D eigenvalue weighted by Crippen LogP contribution is -2.12. The number of hydrogen-bond donors (Lipinski definition) is 2. The van der Waals surface area contributed by atoms with Gasteiger partial charge in [-0.25, -0.2) is 4.68 Å². The van der Waals surface area contributed by atoms with Crippen molar-refractivity contribution in [3.05, 3.63) is 72.1 Å². The molecule has 0 bridgehead atoms. The summed E-state index contributed by atoms with van der Waals surface area (Å²) in [6, 6.07) is 16.3. The molecule has 25 heavy (non-hydrogen) atoms. The van der Waals surface area contributed by atoms with Crippen molar-refractivity contribution in [1.82, 2.24) is 15.0 Å². The maximum atomic E-state index is 12.3. The van der Waals surface area contributed by atoms with Crippen molar-refractivity contribution in [2.75, 3.05) is 12.4 Å². The molecule has 7 heteroatoms. The second kappa shape index (κ2) is 7.59. The van der Waals surface area contributed by atoms with Crippen LogP contribution in [0, 0.1) is 0 Å². The summed E-state index contributed by atoms with van der Waals surface area (Å²) >= 11 is 0. The van der Waals surface area contributed by atoms with Crippen LogP contribution in [0.1, 0.15) is 22.2 Å². The molecule has 1 heterocycles. The third-order valence-electron chi connectivity index (χ3n) is 3.64. The molecule has 3 rings (SSSR count). The van der Waals surface area contributed by atoms with E-state index in [-0.39, 0.29) is 18.1 Å². The second-order valence-electron chi connectivity index (χ2n) is 5.44. The number of nitrogens with zero attached hydrogens (tertiary/aromatic N) is 3. The molecule has 0 unspecified atom stereocenters. The minimum absolute atomic E-state index is 0.170. The summed E-state index contributed by atoms with van der Waals surface area (Å²) in [7, 11) is 1.56. The van der Waals surface area contributed by atoms with E-state index in [1.807, 2.05) is 30.3 Å². The van der Waals surface area contributed by atoms with Crippen molar-refractivity contribution in [2.24, 2.45) is 0 Å². The number of methoxy groups -OCH3 is 1. The van der Waals surface area contributed by atoms with E-state index >= 15 is 0 Å². The molecule has 7 nitrogen and oxygen atoms in total. The number of anilines is 1. The molecule has 3 aromatic rings. The second-order valence-corrected chi connectivity index (χ2v) is 5.44. The molecule has 0 fully saturated rings. The number of aliphatic hydroxyl groups excluding tert-OH is 1. The van der Waals surface area contributed by atoms with Crippen molar-refractivity contribution in [3.63, 3.8) is 0 Å². The standard InChI is InChI=1S/C18H18N4O3/c1-25-15-9-5-8-14(10-15)19-18(24)16-11-22(21-20-16)12-17(23)13-6-3-2-4-7-13/h2-11,17,23H,12H2,1H3,(H,19,24)/t17-/m1/s1. The first-order chi connectivity index (χ1) is 12.2. The van der Waals surface area contributed by atoms with Crippen LogP contribution >= 0.6 is 0 Å². The number of carbonyl (C=O) groups is 1. The Balaban J connectivity index is 1.65. The molecule has 0 aliphatic carbocycles. The Hall–Kier alpha value is -3.19. The van der Waals surface area contributed by atoms with Gasteiger partial charge < -0.3 is 15.2 Å². The zero-order valence-corrected chi connectivity index (χ0v) is 13.7. The third-order valence-corrected chi connectivity index (χ3v) is 3.64. The lowest BCUT2D eigenvalue weighted by molar-refractivity contribution is 0.102. The lowest BCUT2D eigenvalue weighted by Gasteiger charge is -2.09. The SMILES string of the molecule is COc1cccc(NC(=O)c2cn(C[C@@H](O)c3ccccc3)nn2)c1. The first-order valence-electron chi connectivity index (χ1n) is 7.74. The van der Waals surface area contributed by atoms with E-state index in [2.05, 4.69) is 15.6 Å². The van der Waals surface area contributed by atoms with Crippen molar-refractivity contribution >= 4 is 11.6 Å². The highest BCUT2D eigenvalue weighted by atomic mass is 16.5. The zero-order valence-electron chi connectivity index (χ0n) is 13.7. The van der Waals surface area contributed by atoms with Gasteiger partial charge >= 0.3 is 0 Å². The fourth-order valence-electron chi connectivity index (χ4n) is 2.35. The van der Waals surface area contributed by atoms with Gasteiger partial charge in [-0.2, -0.15) is 0 Å². The minimum atomic E-state index is -0.725. The Bertz CT molecular complexity index is 848. The molecule has 0 radical (unpaired) electrons. The summed E-state index contributed by atoms with van der Waals surface area (Å²) in [5, 5.41) is 20.7. The van der Waals surface area contributed by atoms with Crippen molar-refractivity contribution < 1.29 is 14.6 Å². The van der Waals surface area contributed by atoms with Gasteiger partial charge in [0.1, 0.15) is 5.75 Å². The average molecular weight is 338 g/mol. The molecule has 128 valence electrons. The first-order valence-corrected chi connectivity index (χ1v) is 7.74. The molecular formula is C18H18N4O3. The monoisotopic (exact) mass is 338 g/mol. The maximum absolute atomic E-state index is 12.3. The quantitative estimate of drug-likeness (QED) is 0.720. The number of ether oxygens (including phenoxy) is 1. The van der Waals surface area contributed by atoms with Gasteiger partial charge in [-0.05, 0) is 17.7 Å². The Labute approximate surface area is 144 Å². The van der Waals surface area contributed by atoms with Gasteiger partial charge in [0.25, 0.3) is 5.91 Å². The topological polar surface area (TPSA) is 89.3 Å². The van der Waals surface area contributed by atoms with E-state index in [4.69, 9.17) is 4.74 Å². The van der Waals surface area contributed by atoms with Gasteiger partial charge in [0, 0.05) is 11.8 Å². The summed E-state index contributed by atoms with van der Waals surface area (Å²) in [6.07, 6.45) is 0.777. The van der Waals surface area contributed by atoms with Gasteiger partial charge in [-0.15, -0.1) is 5.10 Å². The number of aromatic nitrogens is 3. The lowest BCUT2D eigenvalue weighted by atomic mass is 10.1. The van der Waals surface area contributed by atoms with E-state index in [9.17, 15) is 9.90 Å². The van der Waals surface area contributed by atoms with Crippen LogP contribution in [0.15, 0.2) is 60.8 Å². The number of nitrogens with one attached hydrogen (secondary N) is 1. The zero-order chi connectivity index (χ0) is 17.6. The smallest absolute Gasteiger partial charge is 0.277 e. The predicted octanol–water partition coefficient (Wildman–Crippen LogP) is 2.27. The predicted molar refractivity (Wildman–Crippen MR) is 92.4 cm³/mol. The van der Waals surface area contributed by atoms with Crippen LogP contribution in [-0.4, -0.2) is 33.1 Å². The van der Waals surface area contributed by atoms with Crippen molar-refractivity contribution in [3.8, 4) is 5.75 Å². The highest BCUT2D eigenvalue weighted by molar-refractivity contribution is 6.02. The minimum Gasteiger partial charge on any atom is -0.497 e. The van der Waals surface area contributed by atoms with Gasteiger partial charge in [-0.3, -0.25) is 4.79 Å². The molecule has 0 aliphatic heterocycles. The average Bonchev–Trinajstić information content (AvgIpc) is 3.11. The van der Waals surface area contributed by atoms with E-state index in [1.165, 1.54) is 10.9 Å². The van der Waals surface area contributed by atoms with Gasteiger partial charge in [0.15, 0.2) is 5.69 Å². The summed E-state index contributed by atoms with van der Waals surface area (Å²) in [5.41, 5.74) is 1.55. The summed E-state index contributed by atoms with van der Waals surface area (Å²) < 4.78 is 6.56. The van der Waals surface area contributed by atoms with Crippen LogP contribution < -0.4 is 10.1 Å². The maximum Gasteiger partial charge on any atom is 0.277 e. The number of hydrogen-bond acceptors (Lipinski definition) is 5. The van der Waals surface area contributed by atoms with E-state index in [0.29, 0.717) is 11.4 Å². The molecule has 1 amide bonds. The largest absolute Gasteiger partial charge is 0.497 e. The van der Waals surface area contributed by atoms with Crippen LogP contribution in [-0.2, 0) is 6.54 Å². The Morgan fingerprint density at radius 1 is 1.24 bits per heavy atom. The summed E-state index contributed by atoms with van der Waals surface area (Å²) in [5.74, 6) is 0.265. The molecule has 2 aromatic carbocycles. The molecule has 0 aliphatic rings. The third kappa shape index (κ3) is 4.21. The van der Waals surface area contributed by atoms with Crippen molar-refractivity contribution in [1.29, 1.82) is 0 Å². The fraction of sp³-hybridized carbons (Fsp3) is 0.167. The molecule has 0 saturated heterocycles. The van der Waals surface area contributed by atoms with Crippen LogP contribution in [0.5, 0.6) is 5.75 Å². The number of rotatable bonds is 6. The summed E-state index contributed by atoms with van der Waals surface area (Å²) in [6.45, 7) is 0.212.